The molecule has 0 saturated heterocycles. The largest absolute Gasteiger partial charge is 0.497 e. The van der Waals surface area contributed by atoms with Crippen molar-refractivity contribution < 1.29 is 9.53 Å². The van der Waals surface area contributed by atoms with Gasteiger partial charge < -0.3 is 10.1 Å². The molecule has 3 rings (SSSR count). The van der Waals surface area contributed by atoms with E-state index < -0.39 is 0 Å². The topological polar surface area (TPSA) is 51.2 Å². The van der Waals surface area contributed by atoms with E-state index in [9.17, 15) is 4.79 Å². The van der Waals surface area contributed by atoms with Gasteiger partial charge in [-0.1, -0.05) is 42.5 Å². The molecule has 5 heteroatoms. The number of rotatable bonds is 6. The van der Waals surface area contributed by atoms with E-state index in [1.807, 2.05) is 61.5 Å². The molecule has 1 amide bonds. The Bertz CT molecular complexity index is 859. The molecule has 1 heterocycles. The lowest BCUT2D eigenvalue weighted by Crippen LogP contribution is -2.24. The first-order valence-corrected chi connectivity index (χ1v) is 8.88. The predicted octanol–water partition coefficient (Wildman–Crippen LogP) is 3.99. The SMILES string of the molecule is COc1cccc(-c2nc(C)c(CC(=O)NCc3ccccc3)s2)c1. The molecule has 0 atom stereocenters. The standard InChI is InChI=1S/C20H20N2O2S/c1-14-18(12-19(23)21-13-15-7-4-3-5-8-15)25-20(22-14)16-9-6-10-17(11-16)24-2/h3-11H,12-13H2,1-2H3,(H,21,23). The smallest absolute Gasteiger partial charge is 0.225 e. The van der Waals surface area contributed by atoms with Crippen LogP contribution in [0.25, 0.3) is 10.6 Å². The number of nitrogens with one attached hydrogen (secondary N) is 1. The van der Waals surface area contributed by atoms with E-state index in [0.29, 0.717) is 13.0 Å². The van der Waals surface area contributed by atoms with Crippen molar-refractivity contribution in [3.8, 4) is 16.3 Å². The van der Waals surface area contributed by atoms with Crippen molar-refractivity contribution >= 4 is 17.2 Å². The first-order chi connectivity index (χ1) is 12.2. The Labute approximate surface area is 151 Å². The Morgan fingerprint density at radius 3 is 2.72 bits per heavy atom. The molecule has 4 nitrogen and oxygen atoms in total. The van der Waals surface area contributed by atoms with Crippen molar-refractivity contribution in [3.63, 3.8) is 0 Å². The van der Waals surface area contributed by atoms with Crippen LogP contribution in [0.1, 0.15) is 16.1 Å². The van der Waals surface area contributed by atoms with E-state index >= 15 is 0 Å². The van der Waals surface area contributed by atoms with E-state index in [2.05, 4.69) is 10.3 Å². The maximum Gasteiger partial charge on any atom is 0.225 e. The van der Waals surface area contributed by atoms with Gasteiger partial charge in [0.15, 0.2) is 0 Å². The highest BCUT2D eigenvalue weighted by Crippen LogP contribution is 2.30. The summed E-state index contributed by atoms with van der Waals surface area (Å²) in [7, 11) is 1.65. The zero-order valence-electron chi connectivity index (χ0n) is 14.3. The second-order valence-corrected chi connectivity index (χ2v) is 6.78. The van der Waals surface area contributed by atoms with E-state index in [4.69, 9.17) is 4.74 Å². The molecule has 2 aromatic carbocycles. The summed E-state index contributed by atoms with van der Waals surface area (Å²) < 4.78 is 5.26. The molecule has 0 aliphatic rings. The minimum absolute atomic E-state index is 0.00722. The van der Waals surface area contributed by atoms with Gasteiger partial charge in [-0.15, -0.1) is 11.3 Å². The third-order valence-electron chi connectivity index (χ3n) is 3.86. The minimum atomic E-state index is 0.00722. The van der Waals surface area contributed by atoms with Gasteiger partial charge in [-0.3, -0.25) is 4.79 Å². The van der Waals surface area contributed by atoms with Crippen LogP contribution in [0.3, 0.4) is 0 Å². The van der Waals surface area contributed by atoms with E-state index in [1.165, 1.54) is 0 Å². The van der Waals surface area contributed by atoms with E-state index in [1.54, 1.807) is 18.4 Å². The predicted molar refractivity (Wildman–Crippen MR) is 101 cm³/mol. The van der Waals surface area contributed by atoms with Crippen molar-refractivity contribution in [1.29, 1.82) is 0 Å². The molecule has 0 aliphatic carbocycles. The summed E-state index contributed by atoms with van der Waals surface area (Å²) in [6, 6.07) is 17.7. The summed E-state index contributed by atoms with van der Waals surface area (Å²) in [5.41, 5.74) is 3.00. The number of benzene rings is 2. The van der Waals surface area contributed by atoms with Gasteiger partial charge in [0.25, 0.3) is 0 Å². The number of amides is 1. The van der Waals surface area contributed by atoms with E-state index in [0.717, 1.165) is 32.5 Å². The Morgan fingerprint density at radius 1 is 1.16 bits per heavy atom. The third-order valence-corrected chi connectivity index (χ3v) is 5.07. The number of hydrogen-bond donors (Lipinski definition) is 1. The fourth-order valence-corrected chi connectivity index (χ4v) is 3.53. The van der Waals surface area contributed by atoms with Crippen LogP contribution < -0.4 is 10.1 Å². The summed E-state index contributed by atoms with van der Waals surface area (Å²) in [6.07, 6.45) is 0.348. The van der Waals surface area contributed by atoms with Gasteiger partial charge in [-0.05, 0) is 24.6 Å². The highest BCUT2D eigenvalue weighted by atomic mass is 32.1. The van der Waals surface area contributed by atoms with E-state index in [-0.39, 0.29) is 5.91 Å². The van der Waals surface area contributed by atoms with Crippen LogP contribution in [-0.2, 0) is 17.8 Å². The van der Waals surface area contributed by atoms with Gasteiger partial charge in [0, 0.05) is 17.0 Å². The van der Waals surface area contributed by atoms with Crippen LogP contribution in [-0.4, -0.2) is 18.0 Å². The second kappa shape index (κ2) is 7.94. The molecule has 1 N–H and O–H groups in total. The number of aryl methyl sites for hydroxylation is 1. The summed E-state index contributed by atoms with van der Waals surface area (Å²) in [5.74, 6) is 0.806. The molecule has 0 aliphatic heterocycles. The fraction of sp³-hybridized carbons (Fsp3) is 0.200. The fourth-order valence-electron chi connectivity index (χ4n) is 2.48. The zero-order chi connectivity index (χ0) is 17.6. The number of thiazole rings is 1. The summed E-state index contributed by atoms with van der Waals surface area (Å²) in [6.45, 7) is 2.49. The molecule has 1 aromatic heterocycles. The zero-order valence-corrected chi connectivity index (χ0v) is 15.1. The molecule has 25 heavy (non-hydrogen) atoms. The maximum atomic E-state index is 12.2. The molecule has 0 fully saturated rings. The Morgan fingerprint density at radius 2 is 1.96 bits per heavy atom. The van der Waals surface area contributed by atoms with Crippen LogP contribution in [0, 0.1) is 6.92 Å². The van der Waals surface area contributed by atoms with Gasteiger partial charge in [0.1, 0.15) is 10.8 Å². The number of hydrogen-bond acceptors (Lipinski definition) is 4. The lowest BCUT2D eigenvalue weighted by molar-refractivity contribution is -0.120. The maximum absolute atomic E-state index is 12.2. The Kier molecular flexibility index (Phi) is 5.46. The summed E-state index contributed by atoms with van der Waals surface area (Å²) >= 11 is 1.55. The van der Waals surface area contributed by atoms with Crippen molar-refractivity contribution in [2.75, 3.05) is 7.11 Å². The van der Waals surface area contributed by atoms with Crippen molar-refractivity contribution in [2.24, 2.45) is 0 Å². The Hall–Kier alpha value is -2.66. The molecule has 128 valence electrons. The number of nitrogens with zero attached hydrogens (tertiary/aromatic N) is 1. The van der Waals surface area contributed by atoms with Crippen LogP contribution in [0.15, 0.2) is 54.6 Å². The number of carbonyl (C=O) groups excluding carboxylic acids is 1. The minimum Gasteiger partial charge on any atom is -0.497 e. The summed E-state index contributed by atoms with van der Waals surface area (Å²) in [5, 5.41) is 3.87. The van der Waals surface area contributed by atoms with Crippen LogP contribution in [0.2, 0.25) is 0 Å². The van der Waals surface area contributed by atoms with Crippen molar-refractivity contribution in [1.82, 2.24) is 10.3 Å². The van der Waals surface area contributed by atoms with Crippen LogP contribution >= 0.6 is 11.3 Å². The molecule has 3 aromatic rings. The van der Waals surface area contributed by atoms with Gasteiger partial charge in [-0.2, -0.15) is 0 Å². The average molecular weight is 352 g/mol. The monoisotopic (exact) mass is 352 g/mol. The quantitative estimate of drug-likeness (QED) is 0.730. The number of ether oxygens (including phenoxy) is 1. The van der Waals surface area contributed by atoms with Gasteiger partial charge in [-0.25, -0.2) is 4.98 Å². The van der Waals surface area contributed by atoms with Gasteiger partial charge in [0.2, 0.25) is 5.91 Å². The molecule has 0 bridgehead atoms. The normalized spacial score (nSPS) is 10.5. The average Bonchev–Trinajstić information content (AvgIpc) is 3.01. The Balaban J connectivity index is 1.66. The molecule has 0 spiro atoms. The number of carbonyl (C=O) groups is 1. The summed E-state index contributed by atoms with van der Waals surface area (Å²) in [4.78, 5) is 17.8. The number of aromatic nitrogens is 1. The van der Waals surface area contributed by atoms with Crippen molar-refractivity contribution in [2.45, 2.75) is 19.9 Å². The lowest BCUT2D eigenvalue weighted by Gasteiger charge is -2.04. The first kappa shape index (κ1) is 17.2. The number of methoxy groups -OCH3 is 1. The van der Waals surface area contributed by atoms with Gasteiger partial charge in [0.05, 0.1) is 19.2 Å². The lowest BCUT2D eigenvalue weighted by atomic mass is 10.2. The molecule has 0 radical (unpaired) electrons. The van der Waals surface area contributed by atoms with Gasteiger partial charge >= 0.3 is 0 Å². The molecule has 0 unspecified atom stereocenters. The third kappa shape index (κ3) is 4.45. The highest BCUT2D eigenvalue weighted by Gasteiger charge is 2.13. The molecular weight excluding hydrogens is 332 g/mol. The van der Waals surface area contributed by atoms with Crippen molar-refractivity contribution in [3.05, 3.63) is 70.7 Å². The molecular formula is C20H20N2O2S. The van der Waals surface area contributed by atoms with Crippen LogP contribution in [0.5, 0.6) is 5.75 Å². The van der Waals surface area contributed by atoms with Crippen LogP contribution in [0.4, 0.5) is 0 Å². The highest BCUT2D eigenvalue weighted by molar-refractivity contribution is 7.15. The second-order valence-electron chi connectivity index (χ2n) is 5.70. The first-order valence-electron chi connectivity index (χ1n) is 8.07. The molecule has 0 saturated carbocycles.